The number of hydrogen-bond donors (Lipinski definition) is 1. The minimum absolute atomic E-state index is 0.109. The molecule has 0 radical (unpaired) electrons. The van der Waals surface area contributed by atoms with Gasteiger partial charge in [0.1, 0.15) is 0 Å². The van der Waals surface area contributed by atoms with Crippen LogP contribution in [0.1, 0.15) is 38.3 Å². The van der Waals surface area contributed by atoms with Gasteiger partial charge in [0, 0.05) is 19.5 Å². The molecule has 2 unspecified atom stereocenters. The second kappa shape index (κ2) is 7.42. The number of amides is 2. The van der Waals surface area contributed by atoms with Crippen LogP contribution < -0.4 is 5.32 Å². The van der Waals surface area contributed by atoms with Gasteiger partial charge in [0.25, 0.3) is 0 Å². The highest BCUT2D eigenvalue weighted by molar-refractivity contribution is 5.93. The van der Waals surface area contributed by atoms with E-state index in [0.29, 0.717) is 19.0 Å². The summed E-state index contributed by atoms with van der Waals surface area (Å²) in [7, 11) is 1.74. The maximum atomic E-state index is 12.4. The van der Waals surface area contributed by atoms with Crippen molar-refractivity contribution in [2.75, 3.05) is 18.9 Å². The van der Waals surface area contributed by atoms with Crippen molar-refractivity contribution in [3.05, 3.63) is 11.9 Å². The zero-order valence-corrected chi connectivity index (χ0v) is 13.7. The molecule has 0 aliphatic heterocycles. The van der Waals surface area contributed by atoms with Crippen LogP contribution in [0.4, 0.5) is 5.69 Å². The predicted molar refractivity (Wildman–Crippen MR) is 85.4 cm³/mol. The predicted octanol–water partition coefficient (Wildman–Crippen LogP) is 2.04. The Balaban J connectivity index is 1.96. The second-order valence-corrected chi connectivity index (χ2v) is 6.31. The first-order chi connectivity index (χ1) is 10.5. The van der Waals surface area contributed by atoms with Gasteiger partial charge >= 0.3 is 0 Å². The molecule has 1 aromatic rings. The Morgan fingerprint density at radius 3 is 2.91 bits per heavy atom. The van der Waals surface area contributed by atoms with Gasteiger partial charge in [0.15, 0.2) is 0 Å². The zero-order valence-electron chi connectivity index (χ0n) is 13.7. The Morgan fingerprint density at radius 1 is 1.50 bits per heavy atom. The van der Waals surface area contributed by atoms with Crippen molar-refractivity contribution in [1.82, 2.24) is 14.7 Å². The molecule has 1 N–H and O–H groups in total. The summed E-state index contributed by atoms with van der Waals surface area (Å²) < 4.78 is 1.82. The van der Waals surface area contributed by atoms with Crippen molar-refractivity contribution >= 4 is 18.0 Å². The third-order valence-electron chi connectivity index (χ3n) is 4.65. The maximum Gasteiger partial charge on any atom is 0.227 e. The standard InChI is InChI=1S/C16H26N4O2/c1-12-6-4-5-7-14(12)16(22)18-15-10-17-20(13(15)2)9-8-19(3)11-21/h10-12,14H,4-9H2,1-3H3,(H,18,22). The number of carbonyl (C=O) groups is 2. The van der Waals surface area contributed by atoms with E-state index in [1.807, 2.05) is 11.6 Å². The summed E-state index contributed by atoms with van der Waals surface area (Å²) >= 11 is 0. The molecule has 2 rings (SSSR count). The molecule has 2 amide bonds. The molecule has 1 aliphatic carbocycles. The number of hydrogen-bond acceptors (Lipinski definition) is 3. The third kappa shape index (κ3) is 3.87. The Morgan fingerprint density at radius 2 is 2.23 bits per heavy atom. The van der Waals surface area contributed by atoms with Crippen molar-refractivity contribution in [2.45, 2.75) is 46.1 Å². The van der Waals surface area contributed by atoms with Gasteiger partial charge in [-0.1, -0.05) is 19.8 Å². The minimum Gasteiger partial charge on any atom is -0.346 e. The molecule has 1 aromatic heterocycles. The Hall–Kier alpha value is -1.85. The van der Waals surface area contributed by atoms with E-state index in [0.717, 1.165) is 37.1 Å². The van der Waals surface area contributed by atoms with Crippen LogP contribution in [0.25, 0.3) is 0 Å². The van der Waals surface area contributed by atoms with E-state index in [1.54, 1.807) is 18.1 Å². The summed E-state index contributed by atoms with van der Waals surface area (Å²) in [4.78, 5) is 24.6. The summed E-state index contributed by atoms with van der Waals surface area (Å²) in [5.41, 5.74) is 1.70. The van der Waals surface area contributed by atoms with Gasteiger partial charge < -0.3 is 10.2 Å². The molecule has 1 saturated carbocycles. The van der Waals surface area contributed by atoms with Crippen molar-refractivity contribution in [3.8, 4) is 0 Å². The molecule has 22 heavy (non-hydrogen) atoms. The molecule has 6 heteroatoms. The Labute approximate surface area is 131 Å². The molecule has 6 nitrogen and oxygen atoms in total. The normalized spacial score (nSPS) is 21.4. The number of nitrogens with zero attached hydrogens (tertiary/aromatic N) is 3. The molecule has 0 spiro atoms. The monoisotopic (exact) mass is 306 g/mol. The van der Waals surface area contributed by atoms with Gasteiger partial charge in [-0.3, -0.25) is 14.3 Å². The van der Waals surface area contributed by atoms with Crippen LogP contribution in [-0.4, -0.2) is 40.6 Å². The molecule has 1 aliphatic rings. The fourth-order valence-electron chi connectivity index (χ4n) is 3.03. The van der Waals surface area contributed by atoms with E-state index in [4.69, 9.17) is 0 Å². The molecule has 0 bridgehead atoms. The third-order valence-corrected chi connectivity index (χ3v) is 4.65. The van der Waals surface area contributed by atoms with Crippen molar-refractivity contribution < 1.29 is 9.59 Å². The number of likely N-dealkylation sites (N-methyl/N-ethyl adjacent to an activating group) is 1. The van der Waals surface area contributed by atoms with E-state index in [9.17, 15) is 9.59 Å². The lowest BCUT2D eigenvalue weighted by atomic mass is 9.80. The first-order valence-corrected chi connectivity index (χ1v) is 8.01. The summed E-state index contributed by atoms with van der Waals surface area (Å²) in [6, 6.07) is 0. The minimum atomic E-state index is 0.109. The lowest BCUT2D eigenvalue weighted by molar-refractivity contribution is -0.122. The molecular weight excluding hydrogens is 280 g/mol. The number of anilines is 1. The van der Waals surface area contributed by atoms with Gasteiger partial charge in [-0.2, -0.15) is 5.10 Å². The highest BCUT2D eigenvalue weighted by Gasteiger charge is 2.28. The van der Waals surface area contributed by atoms with Gasteiger partial charge in [0.2, 0.25) is 12.3 Å². The molecule has 0 saturated heterocycles. The number of carbonyl (C=O) groups excluding carboxylic acids is 2. The van der Waals surface area contributed by atoms with Gasteiger partial charge in [-0.05, 0) is 25.7 Å². The maximum absolute atomic E-state index is 12.4. The smallest absolute Gasteiger partial charge is 0.227 e. The summed E-state index contributed by atoms with van der Waals surface area (Å²) in [6.45, 7) is 5.32. The van der Waals surface area contributed by atoms with E-state index in [1.165, 1.54) is 6.42 Å². The quantitative estimate of drug-likeness (QED) is 0.818. The van der Waals surface area contributed by atoms with Crippen LogP contribution >= 0.6 is 0 Å². The van der Waals surface area contributed by atoms with Crippen LogP contribution in [0.3, 0.4) is 0 Å². The van der Waals surface area contributed by atoms with Crippen LogP contribution in [0.15, 0.2) is 6.20 Å². The van der Waals surface area contributed by atoms with Gasteiger partial charge in [-0.15, -0.1) is 0 Å². The van der Waals surface area contributed by atoms with Crippen molar-refractivity contribution in [1.29, 1.82) is 0 Å². The summed E-state index contributed by atoms with van der Waals surface area (Å²) in [5, 5.41) is 7.33. The highest BCUT2D eigenvalue weighted by atomic mass is 16.2. The van der Waals surface area contributed by atoms with Crippen LogP contribution in [0.5, 0.6) is 0 Å². The Bertz CT molecular complexity index is 526. The highest BCUT2D eigenvalue weighted by Crippen LogP contribution is 2.30. The summed E-state index contributed by atoms with van der Waals surface area (Å²) in [5.74, 6) is 0.669. The lowest BCUT2D eigenvalue weighted by Crippen LogP contribution is -2.30. The largest absolute Gasteiger partial charge is 0.346 e. The van der Waals surface area contributed by atoms with Crippen LogP contribution in [-0.2, 0) is 16.1 Å². The molecule has 1 fully saturated rings. The molecule has 122 valence electrons. The van der Waals surface area contributed by atoms with E-state index >= 15 is 0 Å². The molecule has 0 aromatic carbocycles. The fraction of sp³-hybridized carbons (Fsp3) is 0.688. The number of rotatable bonds is 6. The molecule has 1 heterocycles. The average Bonchev–Trinajstić information content (AvgIpc) is 2.85. The van der Waals surface area contributed by atoms with Crippen molar-refractivity contribution in [3.63, 3.8) is 0 Å². The summed E-state index contributed by atoms with van der Waals surface area (Å²) in [6.07, 6.45) is 6.97. The fourth-order valence-corrected chi connectivity index (χ4v) is 3.03. The lowest BCUT2D eigenvalue weighted by Gasteiger charge is -2.27. The molecular formula is C16H26N4O2. The Kier molecular flexibility index (Phi) is 5.57. The second-order valence-electron chi connectivity index (χ2n) is 6.31. The molecule has 2 atom stereocenters. The number of aromatic nitrogens is 2. The van der Waals surface area contributed by atoms with Gasteiger partial charge in [-0.25, -0.2) is 0 Å². The van der Waals surface area contributed by atoms with E-state index in [-0.39, 0.29) is 11.8 Å². The average molecular weight is 306 g/mol. The van der Waals surface area contributed by atoms with Crippen LogP contribution in [0, 0.1) is 18.8 Å². The van der Waals surface area contributed by atoms with Gasteiger partial charge in [0.05, 0.1) is 24.1 Å². The number of nitrogens with one attached hydrogen (secondary N) is 1. The van der Waals surface area contributed by atoms with E-state index in [2.05, 4.69) is 17.3 Å². The zero-order chi connectivity index (χ0) is 16.1. The SMILES string of the molecule is Cc1c(NC(=O)C2CCCCC2C)cnn1CCN(C)C=O. The first-order valence-electron chi connectivity index (χ1n) is 8.01. The first kappa shape index (κ1) is 16.5. The topological polar surface area (TPSA) is 67.2 Å². The van der Waals surface area contributed by atoms with Crippen molar-refractivity contribution in [2.24, 2.45) is 11.8 Å². The van der Waals surface area contributed by atoms with Crippen LogP contribution in [0.2, 0.25) is 0 Å². The van der Waals surface area contributed by atoms with E-state index < -0.39 is 0 Å².